The van der Waals surface area contributed by atoms with Crippen molar-refractivity contribution in [3.63, 3.8) is 0 Å². The summed E-state index contributed by atoms with van der Waals surface area (Å²) in [4.78, 5) is 12.0. The first-order chi connectivity index (χ1) is 15.6. The summed E-state index contributed by atoms with van der Waals surface area (Å²) in [5, 5.41) is 24.5. The molecule has 32 heavy (non-hydrogen) atoms. The summed E-state index contributed by atoms with van der Waals surface area (Å²) in [6, 6.07) is 19.6. The number of aromatic hydroxyl groups is 1. The van der Waals surface area contributed by atoms with Crippen molar-refractivity contribution in [2.75, 3.05) is 5.75 Å². The second-order valence-electron chi connectivity index (χ2n) is 6.55. The molecule has 0 aliphatic heterocycles. The first-order valence-electron chi connectivity index (χ1n) is 9.44. The van der Waals surface area contributed by atoms with Crippen LogP contribution in [0.4, 0.5) is 0 Å². The number of rotatable bonds is 8. The standard InChI is InChI=1S/C22H17BrN4O2S3/c23-17-8-9-19(28)16(10-17)11-24-25-20(29)13-31-22-27-26-21(32-22)30-12-15-6-3-5-14-4-1-2-7-18(14)15/h1-11,28H,12-13H2,(H,25,29). The highest BCUT2D eigenvalue weighted by Crippen LogP contribution is 2.32. The molecule has 0 spiro atoms. The van der Waals surface area contributed by atoms with Crippen molar-refractivity contribution in [1.82, 2.24) is 15.6 Å². The van der Waals surface area contributed by atoms with Gasteiger partial charge < -0.3 is 5.11 Å². The third-order valence-corrected chi connectivity index (χ3v) is 8.06. The highest BCUT2D eigenvalue weighted by atomic mass is 79.9. The number of benzene rings is 3. The molecule has 6 nitrogen and oxygen atoms in total. The van der Waals surface area contributed by atoms with Crippen molar-refractivity contribution < 1.29 is 9.90 Å². The summed E-state index contributed by atoms with van der Waals surface area (Å²) in [7, 11) is 0. The first-order valence-corrected chi connectivity index (χ1v) is 13.0. The Morgan fingerprint density at radius 3 is 2.75 bits per heavy atom. The van der Waals surface area contributed by atoms with Gasteiger partial charge in [-0.2, -0.15) is 5.10 Å². The fourth-order valence-corrected chi connectivity index (χ4v) is 6.03. The zero-order valence-corrected chi connectivity index (χ0v) is 20.6. The number of halogens is 1. The molecule has 162 valence electrons. The molecule has 0 fully saturated rings. The van der Waals surface area contributed by atoms with Crippen molar-refractivity contribution in [2.45, 2.75) is 14.4 Å². The summed E-state index contributed by atoms with van der Waals surface area (Å²) in [5.41, 5.74) is 4.21. The number of hydrazone groups is 1. The summed E-state index contributed by atoms with van der Waals surface area (Å²) < 4.78 is 2.40. The van der Waals surface area contributed by atoms with Crippen LogP contribution in [0, 0.1) is 0 Å². The summed E-state index contributed by atoms with van der Waals surface area (Å²) >= 11 is 7.75. The SMILES string of the molecule is O=C(CSc1nnc(SCc2cccc3ccccc23)s1)NN=Cc1cc(Br)ccc1O. The van der Waals surface area contributed by atoms with E-state index in [2.05, 4.69) is 67.0 Å². The summed E-state index contributed by atoms with van der Waals surface area (Å²) in [5.74, 6) is 0.798. The summed E-state index contributed by atoms with van der Waals surface area (Å²) in [6.45, 7) is 0. The van der Waals surface area contributed by atoms with E-state index in [0.717, 1.165) is 18.9 Å². The van der Waals surface area contributed by atoms with Crippen LogP contribution in [-0.2, 0) is 10.5 Å². The number of hydrogen-bond donors (Lipinski definition) is 2. The lowest BCUT2D eigenvalue weighted by Gasteiger charge is -2.04. The van der Waals surface area contributed by atoms with E-state index in [1.807, 2.05) is 12.1 Å². The third-order valence-electron chi connectivity index (χ3n) is 4.33. The van der Waals surface area contributed by atoms with Gasteiger partial charge >= 0.3 is 0 Å². The van der Waals surface area contributed by atoms with Crippen molar-refractivity contribution in [3.8, 4) is 5.75 Å². The Balaban J connectivity index is 1.26. The number of aromatic nitrogens is 2. The van der Waals surface area contributed by atoms with E-state index < -0.39 is 0 Å². The average Bonchev–Trinajstić information content (AvgIpc) is 3.26. The zero-order valence-electron chi connectivity index (χ0n) is 16.6. The number of nitrogens with one attached hydrogen (secondary N) is 1. The average molecular weight is 546 g/mol. The lowest BCUT2D eigenvalue weighted by atomic mass is 10.1. The second-order valence-corrected chi connectivity index (χ2v) is 10.9. The van der Waals surface area contributed by atoms with Gasteiger partial charge in [-0.05, 0) is 34.5 Å². The van der Waals surface area contributed by atoms with E-state index in [1.54, 1.807) is 30.0 Å². The van der Waals surface area contributed by atoms with Gasteiger partial charge in [-0.25, -0.2) is 5.43 Å². The van der Waals surface area contributed by atoms with Crippen molar-refractivity contribution in [1.29, 1.82) is 0 Å². The number of phenols is 1. The third kappa shape index (κ3) is 6.10. The van der Waals surface area contributed by atoms with Gasteiger partial charge in [0.15, 0.2) is 8.68 Å². The second kappa shape index (κ2) is 11.0. The summed E-state index contributed by atoms with van der Waals surface area (Å²) in [6.07, 6.45) is 1.40. The smallest absolute Gasteiger partial charge is 0.250 e. The Morgan fingerprint density at radius 2 is 1.88 bits per heavy atom. The predicted octanol–water partition coefficient (Wildman–Crippen LogP) is 5.69. The maximum Gasteiger partial charge on any atom is 0.250 e. The molecular weight excluding hydrogens is 528 g/mol. The van der Waals surface area contributed by atoms with Crippen LogP contribution in [0.5, 0.6) is 5.75 Å². The van der Waals surface area contributed by atoms with Crippen LogP contribution in [-0.4, -0.2) is 33.2 Å². The Kier molecular flexibility index (Phi) is 7.80. The number of thioether (sulfide) groups is 2. The number of fused-ring (bicyclic) bond motifs is 1. The van der Waals surface area contributed by atoms with Crippen LogP contribution in [0.3, 0.4) is 0 Å². The van der Waals surface area contributed by atoms with Crippen LogP contribution in [0.1, 0.15) is 11.1 Å². The fraction of sp³-hybridized carbons (Fsp3) is 0.0909. The first kappa shape index (κ1) is 22.8. The molecule has 3 aromatic carbocycles. The molecule has 0 bridgehead atoms. The molecule has 0 aliphatic rings. The van der Waals surface area contributed by atoms with E-state index in [9.17, 15) is 9.90 Å². The predicted molar refractivity (Wildman–Crippen MR) is 136 cm³/mol. The van der Waals surface area contributed by atoms with Gasteiger partial charge in [-0.15, -0.1) is 10.2 Å². The Bertz CT molecular complexity index is 1270. The van der Waals surface area contributed by atoms with Gasteiger partial charge in [-0.1, -0.05) is 93.3 Å². The quantitative estimate of drug-likeness (QED) is 0.168. The molecule has 0 saturated carbocycles. The normalized spacial score (nSPS) is 11.3. The van der Waals surface area contributed by atoms with Gasteiger partial charge in [-0.3, -0.25) is 4.79 Å². The lowest BCUT2D eigenvalue weighted by molar-refractivity contribution is -0.118. The van der Waals surface area contributed by atoms with Crippen LogP contribution in [0.25, 0.3) is 10.8 Å². The van der Waals surface area contributed by atoms with E-state index in [4.69, 9.17) is 0 Å². The van der Waals surface area contributed by atoms with Crippen molar-refractivity contribution in [2.24, 2.45) is 5.10 Å². The molecule has 0 radical (unpaired) electrons. The molecule has 1 heterocycles. The number of phenolic OH excluding ortho intramolecular Hbond substituents is 1. The molecule has 0 unspecified atom stereocenters. The molecular formula is C22H17BrN4O2S3. The zero-order chi connectivity index (χ0) is 22.3. The van der Waals surface area contributed by atoms with Gasteiger partial charge in [0.1, 0.15) is 5.75 Å². The lowest BCUT2D eigenvalue weighted by Crippen LogP contribution is -2.19. The molecule has 0 saturated heterocycles. The number of carbonyl (C=O) groups excluding carboxylic acids is 1. The highest BCUT2D eigenvalue weighted by Gasteiger charge is 2.10. The van der Waals surface area contributed by atoms with Gasteiger partial charge in [0.2, 0.25) is 0 Å². The van der Waals surface area contributed by atoms with Crippen LogP contribution < -0.4 is 5.43 Å². The molecule has 4 rings (SSSR count). The molecule has 1 aromatic heterocycles. The number of nitrogens with zero attached hydrogens (tertiary/aromatic N) is 3. The maximum atomic E-state index is 12.0. The number of hydrogen-bond acceptors (Lipinski definition) is 8. The minimum Gasteiger partial charge on any atom is -0.507 e. The van der Waals surface area contributed by atoms with E-state index >= 15 is 0 Å². The molecule has 10 heteroatoms. The number of amides is 1. The molecule has 1 amide bonds. The largest absolute Gasteiger partial charge is 0.507 e. The fourth-order valence-electron chi connectivity index (χ4n) is 2.83. The molecule has 2 N–H and O–H groups in total. The Morgan fingerprint density at radius 1 is 1.09 bits per heavy atom. The monoisotopic (exact) mass is 544 g/mol. The minimum atomic E-state index is -0.263. The Hall–Kier alpha value is -2.40. The Labute approximate surface area is 205 Å². The molecule has 4 aromatic rings. The van der Waals surface area contributed by atoms with Crippen LogP contribution >= 0.6 is 50.8 Å². The van der Waals surface area contributed by atoms with Gasteiger partial charge in [0.25, 0.3) is 5.91 Å². The van der Waals surface area contributed by atoms with E-state index in [0.29, 0.717) is 5.56 Å². The van der Waals surface area contributed by atoms with E-state index in [-0.39, 0.29) is 17.4 Å². The van der Waals surface area contributed by atoms with Gasteiger partial charge in [0.05, 0.1) is 12.0 Å². The van der Waals surface area contributed by atoms with Crippen molar-refractivity contribution in [3.05, 3.63) is 76.3 Å². The topological polar surface area (TPSA) is 87.5 Å². The van der Waals surface area contributed by atoms with Crippen molar-refractivity contribution >= 4 is 73.7 Å². The van der Waals surface area contributed by atoms with Crippen LogP contribution in [0.15, 0.2) is 78.9 Å². The van der Waals surface area contributed by atoms with E-state index in [1.165, 1.54) is 45.6 Å². The molecule has 0 aliphatic carbocycles. The maximum absolute atomic E-state index is 12.0. The minimum absolute atomic E-state index is 0.0861. The number of carbonyl (C=O) groups is 1. The highest BCUT2D eigenvalue weighted by molar-refractivity contribution is 9.10. The van der Waals surface area contributed by atoms with Crippen LogP contribution in [0.2, 0.25) is 0 Å². The molecule has 0 atom stereocenters. The van der Waals surface area contributed by atoms with Gasteiger partial charge in [0, 0.05) is 15.8 Å².